The number of hydrogen-bond donors (Lipinski definition) is 3. The van der Waals surface area contributed by atoms with Crippen LogP contribution < -0.4 is 16.2 Å². The van der Waals surface area contributed by atoms with Crippen LogP contribution in [0.1, 0.15) is 52.9 Å². The molecule has 1 aromatic heterocycles. The maximum absolute atomic E-state index is 12.6. The molecule has 1 heterocycles. The van der Waals surface area contributed by atoms with Gasteiger partial charge in [0.25, 0.3) is 5.91 Å². The number of thiazole rings is 1. The van der Waals surface area contributed by atoms with E-state index in [1.165, 1.54) is 11.3 Å². The van der Waals surface area contributed by atoms with Gasteiger partial charge in [0, 0.05) is 5.38 Å². The van der Waals surface area contributed by atoms with Gasteiger partial charge in [-0.2, -0.15) is 0 Å². The number of hydrazine groups is 1. The molecule has 3 aromatic carbocycles. The Morgan fingerprint density at radius 2 is 1.48 bits per heavy atom. The van der Waals surface area contributed by atoms with Gasteiger partial charge in [-0.05, 0) is 34.6 Å². The molecule has 1 atom stereocenters. The Kier molecular flexibility index (Phi) is 10.0. The molecule has 4 rings (SSSR count). The third kappa shape index (κ3) is 8.51. The van der Waals surface area contributed by atoms with Gasteiger partial charge in [-0.1, -0.05) is 98.8 Å². The molecule has 4 aromatic rings. The van der Waals surface area contributed by atoms with Crippen LogP contribution in [0.2, 0.25) is 0 Å². The van der Waals surface area contributed by atoms with Crippen LogP contribution in [-0.4, -0.2) is 22.9 Å². The van der Waals surface area contributed by atoms with Gasteiger partial charge >= 0.3 is 6.09 Å². The molecule has 3 N–H and O–H groups in total. The van der Waals surface area contributed by atoms with Crippen molar-refractivity contribution in [2.45, 2.75) is 39.3 Å². The minimum absolute atomic E-state index is 0.114. The van der Waals surface area contributed by atoms with Crippen molar-refractivity contribution in [2.75, 3.05) is 0 Å². The fourth-order valence-electron chi connectivity index (χ4n) is 4.02. The molecule has 8 nitrogen and oxygen atoms in total. The number of benzene rings is 3. The van der Waals surface area contributed by atoms with E-state index in [1.807, 2.05) is 98.8 Å². The zero-order valence-electron chi connectivity index (χ0n) is 22.4. The molecule has 0 radical (unpaired) electrons. The van der Waals surface area contributed by atoms with E-state index in [-0.39, 0.29) is 30.5 Å². The van der Waals surface area contributed by atoms with Crippen molar-refractivity contribution in [2.24, 2.45) is 5.92 Å². The zero-order chi connectivity index (χ0) is 28.3. The first-order valence-corrected chi connectivity index (χ1v) is 13.9. The van der Waals surface area contributed by atoms with Gasteiger partial charge in [0.2, 0.25) is 5.91 Å². The van der Waals surface area contributed by atoms with Crippen molar-refractivity contribution >= 4 is 29.2 Å². The summed E-state index contributed by atoms with van der Waals surface area (Å²) in [5, 5.41) is 5.05. The first-order chi connectivity index (χ1) is 19.4. The molecule has 0 bridgehead atoms. The summed E-state index contributed by atoms with van der Waals surface area (Å²) in [6.45, 7) is 4.23. The summed E-state index contributed by atoms with van der Waals surface area (Å²) in [6, 6.07) is 26.7. The number of amides is 3. The van der Waals surface area contributed by atoms with Crippen molar-refractivity contribution in [3.8, 4) is 11.1 Å². The van der Waals surface area contributed by atoms with Gasteiger partial charge in [-0.3, -0.25) is 20.4 Å². The Hall–Kier alpha value is -4.50. The molecule has 0 spiro atoms. The molecule has 0 aliphatic heterocycles. The molecule has 9 heteroatoms. The van der Waals surface area contributed by atoms with Crippen LogP contribution in [0.15, 0.2) is 90.3 Å². The minimum Gasteiger partial charge on any atom is -0.445 e. The second-order valence-electron chi connectivity index (χ2n) is 9.70. The standard InChI is InChI=1S/C31H32N4O4S/c1-21(2)17-26(33-31(38)39-19-23-9-5-3-6-10-23)30-32-27(20-40-30)29(37)35-34-28(36)18-22-13-15-25(16-14-22)24-11-7-4-8-12-24/h3-16,20-21,26H,17-19H2,1-2H3,(H,33,38)(H,34,36)(H,35,37). The molecule has 0 saturated carbocycles. The molecule has 206 valence electrons. The largest absolute Gasteiger partial charge is 0.445 e. The molecular weight excluding hydrogens is 524 g/mol. The van der Waals surface area contributed by atoms with Crippen molar-refractivity contribution in [3.05, 3.63) is 112 Å². The fourth-order valence-corrected chi connectivity index (χ4v) is 4.88. The zero-order valence-corrected chi connectivity index (χ0v) is 23.2. The number of hydrogen-bond acceptors (Lipinski definition) is 6. The van der Waals surface area contributed by atoms with Gasteiger partial charge in [-0.15, -0.1) is 11.3 Å². The average molecular weight is 557 g/mol. The monoisotopic (exact) mass is 556 g/mol. The van der Waals surface area contributed by atoms with E-state index in [1.54, 1.807) is 5.38 Å². The Balaban J connectivity index is 1.28. The summed E-state index contributed by atoms with van der Waals surface area (Å²) in [4.78, 5) is 41.9. The summed E-state index contributed by atoms with van der Waals surface area (Å²) in [6.07, 6.45) is 0.178. The van der Waals surface area contributed by atoms with Gasteiger partial charge in [-0.25, -0.2) is 9.78 Å². The Bertz CT molecular complexity index is 1410. The first-order valence-electron chi connectivity index (χ1n) is 13.0. The van der Waals surface area contributed by atoms with Crippen LogP contribution in [0.25, 0.3) is 11.1 Å². The normalized spacial score (nSPS) is 11.5. The Morgan fingerprint density at radius 1 is 0.825 bits per heavy atom. The number of ether oxygens (including phenoxy) is 1. The maximum Gasteiger partial charge on any atom is 0.408 e. The minimum atomic E-state index is -0.556. The van der Waals surface area contributed by atoms with E-state index in [0.717, 1.165) is 22.3 Å². The molecule has 3 amide bonds. The van der Waals surface area contributed by atoms with E-state index in [0.29, 0.717) is 11.4 Å². The molecule has 0 fully saturated rings. The van der Waals surface area contributed by atoms with Gasteiger partial charge in [0.05, 0.1) is 12.5 Å². The lowest BCUT2D eigenvalue weighted by Crippen LogP contribution is -2.42. The third-order valence-electron chi connectivity index (χ3n) is 6.01. The van der Waals surface area contributed by atoms with Gasteiger partial charge in [0.1, 0.15) is 17.3 Å². The highest BCUT2D eigenvalue weighted by molar-refractivity contribution is 7.09. The number of alkyl carbamates (subject to hydrolysis) is 1. The van der Waals surface area contributed by atoms with Crippen LogP contribution in [0, 0.1) is 5.92 Å². The second-order valence-corrected chi connectivity index (χ2v) is 10.6. The van der Waals surface area contributed by atoms with E-state index < -0.39 is 18.0 Å². The Labute approximate surface area is 237 Å². The van der Waals surface area contributed by atoms with Crippen LogP contribution in [0.4, 0.5) is 4.79 Å². The highest BCUT2D eigenvalue weighted by Gasteiger charge is 2.22. The summed E-state index contributed by atoms with van der Waals surface area (Å²) >= 11 is 1.27. The summed E-state index contributed by atoms with van der Waals surface area (Å²) in [7, 11) is 0. The smallest absolute Gasteiger partial charge is 0.408 e. The number of carbonyl (C=O) groups excluding carboxylic acids is 3. The highest BCUT2D eigenvalue weighted by Crippen LogP contribution is 2.25. The molecule has 0 aliphatic rings. The van der Waals surface area contributed by atoms with Gasteiger partial charge in [0.15, 0.2) is 0 Å². The van der Waals surface area contributed by atoms with Crippen molar-refractivity contribution in [3.63, 3.8) is 0 Å². The number of nitrogens with one attached hydrogen (secondary N) is 3. The van der Waals surface area contributed by atoms with E-state index in [4.69, 9.17) is 4.74 Å². The predicted octanol–water partition coefficient (Wildman–Crippen LogP) is 5.83. The van der Waals surface area contributed by atoms with Crippen molar-refractivity contribution < 1.29 is 19.1 Å². The molecule has 0 saturated heterocycles. The topological polar surface area (TPSA) is 109 Å². The predicted molar refractivity (Wildman–Crippen MR) is 155 cm³/mol. The highest BCUT2D eigenvalue weighted by atomic mass is 32.1. The van der Waals surface area contributed by atoms with E-state index >= 15 is 0 Å². The summed E-state index contributed by atoms with van der Waals surface area (Å²) < 4.78 is 5.36. The van der Waals surface area contributed by atoms with Crippen molar-refractivity contribution in [1.82, 2.24) is 21.2 Å². The number of nitrogens with zero attached hydrogens (tertiary/aromatic N) is 1. The molecule has 1 unspecified atom stereocenters. The van der Waals surface area contributed by atoms with E-state index in [2.05, 4.69) is 21.2 Å². The lowest BCUT2D eigenvalue weighted by Gasteiger charge is -2.18. The Morgan fingerprint density at radius 3 is 2.15 bits per heavy atom. The fraction of sp³-hybridized carbons (Fsp3) is 0.226. The van der Waals surface area contributed by atoms with Crippen LogP contribution in [-0.2, 0) is 22.6 Å². The summed E-state index contributed by atoms with van der Waals surface area (Å²) in [5.74, 6) is -0.622. The average Bonchev–Trinajstić information content (AvgIpc) is 3.46. The van der Waals surface area contributed by atoms with Crippen LogP contribution in [0.5, 0.6) is 0 Å². The SMILES string of the molecule is CC(C)CC(NC(=O)OCc1ccccc1)c1nc(C(=O)NNC(=O)Cc2ccc(-c3ccccc3)cc2)cs1. The van der Waals surface area contributed by atoms with Crippen LogP contribution in [0.3, 0.4) is 0 Å². The molecule has 0 aliphatic carbocycles. The third-order valence-corrected chi connectivity index (χ3v) is 6.96. The number of carbonyl (C=O) groups is 3. The van der Waals surface area contributed by atoms with Crippen LogP contribution >= 0.6 is 11.3 Å². The van der Waals surface area contributed by atoms with E-state index in [9.17, 15) is 14.4 Å². The lowest BCUT2D eigenvalue weighted by molar-refractivity contribution is -0.121. The molecule has 40 heavy (non-hydrogen) atoms. The second kappa shape index (κ2) is 14.0. The van der Waals surface area contributed by atoms with Crippen molar-refractivity contribution in [1.29, 1.82) is 0 Å². The quantitative estimate of drug-likeness (QED) is 0.213. The number of aromatic nitrogens is 1. The summed E-state index contributed by atoms with van der Waals surface area (Å²) in [5.41, 5.74) is 8.90. The van der Waals surface area contributed by atoms with Gasteiger partial charge < -0.3 is 10.1 Å². The molecular formula is C31H32N4O4S. The number of rotatable bonds is 10. The maximum atomic E-state index is 12.6. The first kappa shape index (κ1) is 28.5. The lowest BCUT2D eigenvalue weighted by atomic mass is 10.0.